The minimum absolute atomic E-state index is 0.132. The van der Waals surface area contributed by atoms with E-state index in [0.717, 1.165) is 23.1 Å². The predicted octanol–water partition coefficient (Wildman–Crippen LogP) is 1.98. The number of barbiturate groups is 1. The molecule has 0 bridgehead atoms. The topological polar surface area (TPSA) is 139 Å². The van der Waals surface area contributed by atoms with E-state index in [2.05, 4.69) is 5.32 Å². The Morgan fingerprint density at radius 2 is 1.82 bits per heavy atom. The van der Waals surface area contributed by atoms with Crippen molar-refractivity contribution in [1.82, 2.24) is 5.32 Å². The van der Waals surface area contributed by atoms with Gasteiger partial charge in [-0.15, -0.1) is 0 Å². The average molecular weight is 383 g/mol. The smallest absolute Gasteiger partial charge is 0.335 e. The van der Waals surface area contributed by atoms with Crippen LogP contribution in [0.5, 0.6) is 11.5 Å². The summed E-state index contributed by atoms with van der Waals surface area (Å²) >= 11 is 0. The Bertz CT molecular complexity index is 1030. The number of hydrogen-bond acceptors (Lipinski definition) is 7. The number of methoxy groups -OCH3 is 1. The first kappa shape index (κ1) is 18.6. The third kappa shape index (κ3) is 3.38. The van der Waals surface area contributed by atoms with Crippen molar-refractivity contribution in [2.24, 2.45) is 0 Å². The number of nitrogens with one attached hydrogen (secondary N) is 1. The second-order valence-electron chi connectivity index (χ2n) is 5.66. The van der Waals surface area contributed by atoms with Crippen LogP contribution < -0.4 is 15.0 Å². The molecule has 1 saturated heterocycles. The maximum atomic E-state index is 12.8. The molecule has 0 aromatic heterocycles. The first-order valence-corrected chi connectivity index (χ1v) is 7.84. The molecule has 10 heteroatoms. The number of carbonyl (C=O) groups is 3. The molecular formula is C18H13N3O7. The highest BCUT2D eigenvalue weighted by molar-refractivity contribution is 6.39. The molecule has 1 heterocycles. The largest absolute Gasteiger partial charge is 0.502 e. The number of phenols is 1. The van der Waals surface area contributed by atoms with Crippen LogP contribution in [0.2, 0.25) is 0 Å². The molecule has 1 aliphatic heterocycles. The SMILES string of the molecule is COc1ccc(N2C(=O)NC(=O)/C(=C/c3ccc(O)c([N+](=O)[O-])c3)C2=O)cc1. The van der Waals surface area contributed by atoms with Gasteiger partial charge in [-0.1, -0.05) is 6.07 Å². The van der Waals surface area contributed by atoms with Gasteiger partial charge in [-0.25, -0.2) is 9.69 Å². The molecule has 0 aliphatic carbocycles. The average Bonchev–Trinajstić information content (AvgIpc) is 2.66. The van der Waals surface area contributed by atoms with Crippen LogP contribution in [0.1, 0.15) is 5.56 Å². The zero-order valence-electron chi connectivity index (χ0n) is 14.4. The molecule has 0 saturated carbocycles. The van der Waals surface area contributed by atoms with Crippen molar-refractivity contribution in [2.45, 2.75) is 0 Å². The van der Waals surface area contributed by atoms with Gasteiger partial charge in [0.1, 0.15) is 11.3 Å². The number of imide groups is 2. The normalized spacial score (nSPS) is 15.5. The van der Waals surface area contributed by atoms with Crippen LogP contribution in [0.3, 0.4) is 0 Å². The van der Waals surface area contributed by atoms with E-state index in [1.54, 1.807) is 12.1 Å². The number of aromatic hydroxyl groups is 1. The van der Waals surface area contributed by atoms with E-state index in [1.807, 2.05) is 0 Å². The maximum absolute atomic E-state index is 12.8. The van der Waals surface area contributed by atoms with Crippen LogP contribution in [-0.2, 0) is 9.59 Å². The minimum Gasteiger partial charge on any atom is -0.502 e. The summed E-state index contributed by atoms with van der Waals surface area (Å²) in [5, 5.41) is 22.5. The number of hydrogen-bond donors (Lipinski definition) is 2. The van der Waals surface area contributed by atoms with Gasteiger partial charge in [-0.2, -0.15) is 0 Å². The van der Waals surface area contributed by atoms with E-state index in [4.69, 9.17) is 4.74 Å². The zero-order valence-corrected chi connectivity index (χ0v) is 14.4. The fraction of sp³-hybridized carbons (Fsp3) is 0.0556. The van der Waals surface area contributed by atoms with Gasteiger partial charge in [-0.05, 0) is 42.0 Å². The molecule has 0 unspecified atom stereocenters. The molecule has 28 heavy (non-hydrogen) atoms. The lowest BCUT2D eigenvalue weighted by molar-refractivity contribution is -0.385. The van der Waals surface area contributed by atoms with E-state index in [1.165, 1.54) is 25.3 Å². The molecular weight excluding hydrogens is 370 g/mol. The van der Waals surface area contributed by atoms with E-state index in [9.17, 15) is 29.6 Å². The van der Waals surface area contributed by atoms with Crippen molar-refractivity contribution in [3.8, 4) is 11.5 Å². The molecule has 2 aromatic carbocycles. The van der Waals surface area contributed by atoms with Crippen molar-refractivity contribution < 1.29 is 29.2 Å². The summed E-state index contributed by atoms with van der Waals surface area (Å²) in [4.78, 5) is 47.9. The molecule has 3 rings (SSSR count). The van der Waals surface area contributed by atoms with Gasteiger partial charge in [0.25, 0.3) is 11.8 Å². The first-order chi connectivity index (χ1) is 13.3. The third-order valence-electron chi connectivity index (χ3n) is 3.94. The highest BCUT2D eigenvalue weighted by Gasteiger charge is 2.36. The number of carbonyl (C=O) groups excluding carboxylic acids is 3. The molecule has 0 radical (unpaired) electrons. The van der Waals surface area contributed by atoms with E-state index < -0.39 is 39.8 Å². The lowest BCUT2D eigenvalue weighted by Gasteiger charge is -2.26. The summed E-state index contributed by atoms with van der Waals surface area (Å²) in [5.74, 6) is -1.87. The number of nitro groups is 1. The van der Waals surface area contributed by atoms with E-state index >= 15 is 0 Å². The first-order valence-electron chi connectivity index (χ1n) is 7.84. The highest BCUT2D eigenvalue weighted by Crippen LogP contribution is 2.28. The number of ether oxygens (including phenoxy) is 1. The van der Waals surface area contributed by atoms with Crippen molar-refractivity contribution in [3.05, 3.63) is 63.7 Å². The molecule has 0 atom stereocenters. The van der Waals surface area contributed by atoms with Gasteiger partial charge in [-0.3, -0.25) is 25.0 Å². The number of amides is 4. The number of nitrogens with zero attached hydrogens (tertiary/aromatic N) is 2. The van der Waals surface area contributed by atoms with Gasteiger partial charge < -0.3 is 9.84 Å². The molecule has 142 valence electrons. The minimum atomic E-state index is -0.935. The molecule has 1 aliphatic rings. The predicted molar refractivity (Wildman–Crippen MR) is 96.8 cm³/mol. The fourth-order valence-corrected chi connectivity index (χ4v) is 2.57. The number of urea groups is 1. The number of anilines is 1. The van der Waals surface area contributed by atoms with Gasteiger partial charge >= 0.3 is 11.7 Å². The Hall–Kier alpha value is -4.21. The van der Waals surface area contributed by atoms with Crippen LogP contribution in [0.25, 0.3) is 6.08 Å². The van der Waals surface area contributed by atoms with E-state index in [-0.39, 0.29) is 11.3 Å². The quantitative estimate of drug-likeness (QED) is 0.356. The Kier molecular flexibility index (Phi) is 4.77. The molecule has 4 amide bonds. The summed E-state index contributed by atoms with van der Waals surface area (Å²) < 4.78 is 5.02. The standard InChI is InChI=1S/C18H13N3O7/c1-28-12-5-3-11(4-6-12)20-17(24)13(16(23)19-18(20)25)8-10-2-7-15(22)14(9-10)21(26)27/h2-9,22H,1H3,(H,19,23,25)/b13-8-. The number of phenolic OH excluding ortho intramolecular Hbond substituents is 1. The second kappa shape index (κ2) is 7.19. The summed E-state index contributed by atoms with van der Waals surface area (Å²) in [6.07, 6.45) is 1.10. The summed E-state index contributed by atoms with van der Waals surface area (Å²) in [6.45, 7) is 0. The monoisotopic (exact) mass is 383 g/mol. The summed E-state index contributed by atoms with van der Waals surface area (Å²) in [5.41, 5.74) is -0.637. The number of rotatable bonds is 4. The lowest BCUT2D eigenvalue weighted by atomic mass is 10.1. The number of benzene rings is 2. The summed E-state index contributed by atoms with van der Waals surface area (Å²) in [6, 6.07) is 8.47. The number of nitro benzene ring substituents is 1. The molecule has 0 spiro atoms. The second-order valence-corrected chi connectivity index (χ2v) is 5.66. The Labute approximate surface area is 157 Å². The van der Waals surface area contributed by atoms with Crippen molar-refractivity contribution in [2.75, 3.05) is 12.0 Å². The highest BCUT2D eigenvalue weighted by atomic mass is 16.6. The Morgan fingerprint density at radius 1 is 1.14 bits per heavy atom. The zero-order chi connectivity index (χ0) is 20.4. The van der Waals surface area contributed by atoms with Crippen molar-refractivity contribution >= 4 is 35.3 Å². The maximum Gasteiger partial charge on any atom is 0.335 e. The van der Waals surface area contributed by atoms with Gasteiger partial charge in [0.05, 0.1) is 17.7 Å². The Morgan fingerprint density at radius 3 is 2.43 bits per heavy atom. The molecule has 1 fully saturated rings. The van der Waals surface area contributed by atoms with Gasteiger partial charge in [0, 0.05) is 6.07 Å². The lowest BCUT2D eigenvalue weighted by Crippen LogP contribution is -2.54. The van der Waals surface area contributed by atoms with Crippen LogP contribution >= 0.6 is 0 Å². The van der Waals surface area contributed by atoms with Gasteiger partial charge in [0.2, 0.25) is 0 Å². The molecule has 2 aromatic rings. The van der Waals surface area contributed by atoms with Crippen molar-refractivity contribution in [1.29, 1.82) is 0 Å². The molecule has 2 N–H and O–H groups in total. The van der Waals surface area contributed by atoms with Gasteiger partial charge in [0.15, 0.2) is 5.75 Å². The van der Waals surface area contributed by atoms with Crippen LogP contribution in [0, 0.1) is 10.1 Å². The van der Waals surface area contributed by atoms with E-state index in [0.29, 0.717) is 5.75 Å². The molecule has 10 nitrogen and oxygen atoms in total. The fourth-order valence-electron chi connectivity index (χ4n) is 2.57. The van der Waals surface area contributed by atoms with Crippen LogP contribution in [-0.4, -0.2) is 35.0 Å². The van der Waals surface area contributed by atoms with Crippen LogP contribution in [0.15, 0.2) is 48.0 Å². The van der Waals surface area contributed by atoms with Crippen LogP contribution in [0.4, 0.5) is 16.2 Å². The Balaban J connectivity index is 2.01. The van der Waals surface area contributed by atoms with Crippen molar-refractivity contribution in [3.63, 3.8) is 0 Å². The third-order valence-corrected chi connectivity index (χ3v) is 3.94. The summed E-state index contributed by atoms with van der Waals surface area (Å²) in [7, 11) is 1.46.